The summed E-state index contributed by atoms with van der Waals surface area (Å²) in [6.07, 6.45) is 1.23. The molecular weight excluding hydrogens is 274 g/mol. The van der Waals surface area contributed by atoms with E-state index in [9.17, 15) is 4.79 Å². The molecule has 0 saturated carbocycles. The first-order chi connectivity index (χ1) is 10.8. The standard InChI is InChI=1S/C18H27N3O/c1-2-21(12-15-6-4-3-5-7-15)18(22)14-20-9-8-16-10-19-11-17(16)13-20/h3-7,16-17,19H,2,8-14H2,1H3. The molecule has 0 bridgehead atoms. The van der Waals surface area contributed by atoms with Crippen LogP contribution >= 0.6 is 0 Å². The minimum atomic E-state index is 0.260. The van der Waals surface area contributed by atoms with Crippen molar-refractivity contribution in [3.05, 3.63) is 35.9 Å². The van der Waals surface area contributed by atoms with Gasteiger partial charge in [-0.1, -0.05) is 30.3 Å². The third-order valence-electron chi connectivity index (χ3n) is 5.10. The molecule has 1 amide bonds. The smallest absolute Gasteiger partial charge is 0.237 e. The van der Waals surface area contributed by atoms with Gasteiger partial charge in [-0.2, -0.15) is 0 Å². The number of benzene rings is 1. The fourth-order valence-corrected chi connectivity index (χ4v) is 3.73. The molecule has 2 aliphatic heterocycles. The van der Waals surface area contributed by atoms with Gasteiger partial charge in [-0.15, -0.1) is 0 Å². The number of likely N-dealkylation sites (tertiary alicyclic amines) is 1. The first kappa shape index (κ1) is 15.5. The first-order valence-electron chi connectivity index (χ1n) is 8.51. The number of hydrogen-bond donors (Lipinski definition) is 1. The van der Waals surface area contributed by atoms with E-state index in [1.165, 1.54) is 18.5 Å². The summed E-state index contributed by atoms with van der Waals surface area (Å²) in [6, 6.07) is 10.3. The van der Waals surface area contributed by atoms with E-state index >= 15 is 0 Å². The minimum Gasteiger partial charge on any atom is -0.338 e. The minimum absolute atomic E-state index is 0.260. The maximum absolute atomic E-state index is 12.6. The van der Waals surface area contributed by atoms with Crippen molar-refractivity contribution >= 4 is 5.91 Å². The molecule has 2 saturated heterocycles. The highest BCUT2D eigenvalue weighted by molar-refractivity contribution is 5.78. The molecule has 2 unspecified atom stereocenters. The number of nitrogens with zero attached hydrogens (tertiary/aromatic N) is 2. The van der Waals surface area contributed by atoms with Gasteiger partial charge in [0.15, 0.2) is 0 Å². The number of carbonyl (C=O) groups excluding carboxylic acids is 1. The fourth-order valence-electron chi connectivity index (χ4n) is 3.73. The molecule has 22 heavy (non-hydrogen) atoms. The molecule has 0 radical (unpaired) electrons. The average Bonchev–Trinajstić information content (AvgIpc) is 3.01. The number of hydrogen-bond acceptors (Lipinski definition) is 3. The Morgan fingerprint density at radius 1 is 1.27 bits per heavy atom. The Morgan fingerprint density at radius 2 is 2.05 bits per heavy atom. The number of carbonyl (C=O) groups is 1. The van der Waals surface area contributed by atoms with E-state index < -0.39 is 0 Å². The summed E-state index contributed by atoms with van der Waals surface area (Å²) in [6.45, 7) is 8.56. The monoisotopic (exact) mass is 301 g/mol. The maximum Gasteiger partial charge on any atom is 0.237 e. The lowest BCUT2D eigenvalue weighted by molar-refractivity contribution is -0.133. The number of fused-ring (bicyclic) bond motifs is 1. The number of amides is 1. The second kappa shape index (κ2) is 7.25. The van der Waals surface area contributed by atoms with Crippen LogP contribution in [0.1, 0.15) is 18.9 Å². The second-order valence-corrected chi connectivity index (χ2v) is 6.60. The van der Waals surface area contributed by atoms with Gasteiger partial charge >= 0.3 is 0 Å². The highest BCUT2D eigenvalue weighted by Crippen LogP contribution is 2.26. The molecule has 4 nitrogen and oxygen atoms in total. The van der Waals surface area contributed by atoms with Gasteiger partial charge in [0.05, 0.1) is 6.54 Å². The molecule has 1 aromatic rings. The molecule has 2 fully saturated rings. The molecule has 2 heterocycles. The molecule has 0 aliphatic carbocycles. The van der Waals surface area contributed by atoms with Crippen LogP contribution in [-0.4, -0.2) is 55.0 Å². The van der Waals surface area contributed by atoms with Crippen molar-refractivity contribution in [1.29, 1.82) is 0 Å². The zero-order valence-corrected chi connectivity index (χ0v) is 13.5. The lowest BCUT2D eigenvalue weighted by Crippen LogP contribution is -2.46. The quantitative estimate of drug-likeness (QED) is 0.897. The lowest BCUT2D eigenvalue weighted by atomic mass is 9.89. The van der Waals surface area contributed by atoms with Gasteiger partial charge in [0.25, 0.3) is 0 Å². The molecule has 3 rings (SSSR count). The summed E-state index contributed by atoms with van der Waals surface area (Å²) >= 11 is 0. The summed E-state index contributed by atoms with van der Waals surface area (Å²) in [5.74, 6) is 1.83. The molecule has 4 heteroatoms. The van der Waals surface area contributed by atoms with Gasteiger partial charge < -0.3 is 10.2 Å². The van der Waals surface area contributed by atoms with Crippen molar-refractivity contribution in [1.82, 2.24) is 15.1 Å². The second-order valence-electron chi connectivity index (χ2n) is 6.60. The van der Waals surface area contributed by atoms with E-state index in [2.05, 4.69) is 29.3 Å². The zero-order valence-electron chi connectivity index (χ0n) is 13.5. The summed E-state index contributed by atoms with van der Waals surface area (Å²) in [5.41, 5.74) is 1.21. The van der Waals surface area contributed by atoms with Gasteiger partial charge in [0, 0.05) is 19.6 Å². The van der Waals surface area contributed by atoms with Crippen molar-refractivity contribution < 1.29 is 4.79 Å². The number of piperidine rings is 1. The predicted octanol–water partition coefficient (Wildman–Crippen LogP) is 1.58. The molecule has 1 N–H and O–H groups in total. The highest BCUT2D eigenvalue weighted by atomic mass is 16.2. The summed E-state index contributed by atoms with van der Waals surface area (Å²) in [7, 11) is 0. The van der Waals surface area contributed by atoms with Gasteiger partial charge in [-0.3, -0.25) is 9.69 Å². The predicted molar refractivity (Wildman–Crippen MR) is 88.4 cm³/mol. The van der Waals surface area contributed by atoms with Gasteiger partial charge in [-0.25, -0.2) is 0 Å². The Morgan fingerprint density at radius 3 is 2.82 bits per heavy atom. The Hall–Kier alpha value is -1.39. The van der Waals surface area contributed by atoms with E-state index in [-0.39, 0.29) is 5.91 Å². The van der Waals surface area contributed by atoms with Crippen molar-refractivity contribution in [3.63, 3.8) is 0 Å². The normalized spacial score (nSPS) is 25.0. The van der Waals surface area contributed by atoms with Crippen molar-refractivity contribution in [3.8, 4) is 0 Å². The molecule has 2 atom stereocenters. The Bertz CT molecular complexity index is 490. The summed E-state index contributed by atoms with van der Waals surface area (Å²) in [5, 5.41) is 3.48. The van der Waals surface area contributed by atoms with Crippen LogP contribution in [0.15, 0.2) is 30.3 Å². The van der Waals surface area contributed by atoms with E-state index in [1.54, 1.807) is 0 Å². The third-order valence-corrected chi connectivity index (χ3v) is 5.10. The number of rotatable bonds is 5. The van der Waals surface area contributed by atoms with Gasteiger partial charge in [0.1, 0.15) is 0 Å². The van der Waals surface area contributed by atoms with Crippen molar-refractivity contribution in [2.75, 3.05) is 39.3 Å². The van der Waals surface area contributed by atoms with E-state index in [0.717, 1.165) is 44.6 Å². The third kappa shape index (κ3) is 3.68. The van der Waals surface area contributed by atoms with Crippen LogP contribution < -0.4 is 5.32 Å². The van der Waals surface area contributed by atoms with Crippen LogP contribution in [0.4, 0.5) is 0 Å². The maximum atomic E-state index is 12.6. The Labute approximate surface area is 133 Å². The van der Waals surface area contributed by atoms with Crippen LogP contribution in [-0.2, 0) is 11.3 Å². The lowest BCUT2D eigenvalue weighted by Gasteiger charge is -2.35. The van der Waals surface area contributed by atoms with Crippen LogP contribution in [0.3, 0.4) is 0 Å². The largest absolute Gasteiger partial charge is 0.338 e. The van der Waals surface area contributed by atoms with Gasteiger partial charge in [0.2, 0.25) is 5.91 Å². The Kier molecular flexibility index (Phi) is 5.11. The van der Waals surface area contributed by atoms with Crippen LogP contribution in [0, 0.1) is 11.8 Å². The average molecular weight is 301 g/mol. The Balaban J connectivity index is 1.53. The fraction of sp³-hybridized carbons (Fsp3) is 0.611. The molecule has 2 aliphatic rings. The topological polar surface area (TPSA) is 35.6 Å². The van der Waals surface area contributed by atoms with Crippen LogP contribution in [0.25, 0.3) is 0 Å². The van der Waals surface area contributed by atoms with Gasteiger partial charge in [-0.05, 0) is 50.4 Å². The van der Waals surface area contributed by atoms with Crippen LogP contribution in [0.2, 0.25) is 0 Å². The molecule has 1 aromatic carbocycles. The van der Waals surface area contributed by atoms with E-state index in [4.69, 9.17) is 0 Å². The number of nitrogens with one attached hydrogen (secondary N) is 1. The first-order valence-corrected chi connectivity index (χ1v) is 8.51. The van der Waals surface area contributed by atoms with E-state index in [1.807, 2.05) is 23.1 Å². The molecular formula is C18H27N3O. The van der Waals surface area contributed by atoms with E-state index in [0.29, 0.717) is 6.54 Å². The van der Waals surface area contributed by atoms with Crippen molar-refractivity contribution in [2.45, 2.75) is 19.9 Å². The van der Waals surface area contributed by atoms with Crippen LogP contribution in [0.5, 0.6) is 0 Å². The molecule has 0 spiro atoms. The molecule has 120 valence electrons. The summed E-state index contributed by atoms with van der Waals surface area (Å²) < 4.78 is 0. The SMILES string of the molecule is CCN(Cc1ccccc1)C(=O)CN1CCC2CNCC2C1. The molecule has 0 aromatic heterocycles. The zero-order chi connectivity index (χ0) is 15.4. The highest BCUT2D eigenvalue weighted by Gasteiger charge is 2.33. The summed E-state index contributed by atoms with van der Waals surface area (Å²) in [4.78, 5) is 16.9. The number of likely N-dealkylation sites (N-methyl/N-ethyl adjacent to an activating group) is 1. The van der Waals surface area contributed by atoms with Crippen molar-refractivity contribution in [2.24, 2.45) is 11.8 Å².